The first-order valence-corrected chi connectivity index (χ1v) is 16.7. The number of rotatable bonds is 7. The molecule has 0 nitrogen and oxygen atoms in total. The van der Waals surface area contributed by atoms with E-state index in [9.17, 15) is 0 Å². The Morgan fingerprint density at radius 1 is 0.441 bits per heavy atom. The minimum absolute atomic E-state index is 1.28. The molecule has 3 heteroatoms. The topological polar surface area (TPSA) is 0 Å². The van der Waals surface area contributed by atoms with E-state index in [0.29, 0.717) is 0 Å². The third kappa shape index (κ3) is 5.63. The molecule has 0 saturated carbocycles. The number of aryl methyl sites for hydroxylation is 1. The first kappa shape index (κ1) is 23.4. The third-order valence-corrected chi connectivity index (χ3v) is 15.8. The van der Waals surface area contributed by atoms with Crippen LogP contribution in [0.25, 0.3) is 0 Å². The molecule has 0 radical (unpaired) electrons. The molecule has 5 rings (SSSR count). The Balaban J connectivity index is 1.64. The maximum atomic E-state index is 2.37. The Labute approximate surface area is 218 Å². The maximum absolute atomic E-state index is 2.37. The molecule has 0 heterocycles. The van der Waals surface area contributed by atoms with Crippen LogP contribution in [0.1, 0.15) is 5.56 Å². The molecule has 5 aromatic carbocycles. The summed E-state index contributed by atoms with van der Waals surface area (Å²) >= 11 is 1.44. The van der Waals surface area contributed by atoms with Crippen molar-refractivity contribution in [1.82, 2.24) is 0 Å². The second kappa shape index (κ2) is 11.4. The molecule has 0 N–H and O–H groups in total. The van der Waals surface area contributed by atoms with E-state index in [4.69, 9.17) is 0 Å². The Morgan fingerprint density at radius 2 is 0.853 bits per heavy atom. The van der Waals surface area contributed by atoms with Crippen molar-refractivity contribution < 1.29 is 0 Å². The summed E-state index contributed by atoms with van der Waals surface area (Å²) < 4.78 is 4.53. The molecule has 0 unspecified atom stereocenters. The van der Waals surface area contributed by atoms with Gasteiger partial charge >= 0.3 is 220 Å². The zero-order chi connectivity index (χ0) is 23.2. The molecule has 0 aromatic heterocycles. The molecule has 0 saturated heterocycles. The fraction of sp³-hybridized carbons (Fsp3) is 0.0323. The molecule has 5 aromatic rings. The number of benzene rings is 5. The first-order valence-electron chi connectivity index (χ1n) is 11.3. The van der Waals surface area contributed by atoms with Crippen LogP contribution in [0, 0.1) is 6.92 Å². The van der Waals surface area contributed by atoms with E-state index in [0.717, 1.165) is 0 Å². The van der Waals surface area contributed by atoms with E-state index >= 15 is 0 Å². The van der Waals surface area contributed by atoms with Gasteiger partial charge in [-0.2, -0.15) is 0 Å². The molecule has 0 atom stereocenters. The van der Waals surface area contributed by atoms with Gasteiger partial charge in [0.05, 0.1) is 0 Å². The molecule has 0 amide bonds. The van der Waals surface area contributed by atoms with Crippen molar-refractivity contribution in [1.29, 1.82) is 0 Å². The van der Waals surface area contributed by atoms with E-state index in [-0.39, 0.29) is 0 Å². The van der Waals surface area contributed by atoms with Crippen molar-refractivity contribution in [3.8, 4) is 0 Å². The van der Waals surface area contributed by atoms with Crippen molar-refractivity contribution in [2.75, 3.05) is 0 Å². The molecular formula is C31H25S2Sb. The molecular weight excluding hydrogens is 558 g/mol. The van der Waals surface area contributed by atoms with E-state index in [1.54, 1.807) is 0 Å². The van der Waals surface area contributed by atoms with Crippen LogP contribution in [0.4, 0.5) is 0 Å². The predicted molar refractivity (Wildman–Crippen MR) is 150 cm³/mol. The monoisotopic (exact) mass is 582 g/mol. The van der Waals surface area contributed by atoms with Crippen LogP contribution in [0.5, 0.6) is 0 Å². The van der Waals surface area contributed by atoms with E-state index < -0.39 is 20.2 Å². The predicted octanol–water partition coefficient (Wildman–Crippen LogP) is 6.81. The van der Waals surface area contributed by atoms with Gasteiger partial charge < -0.3 is 0 Å². The third-order valence-electron chi connectivity index (χ3n) is 5.45. The van der Waals surface area contributed by atoms with Crippen LogP contribution in [0.2, 0.25) is 0 Å². The molecule has 0 fully saturated rings. The van der Waals surface area contributed by atoms with Gasteiger partial charge in [0.2, 0.25) is 0 Å². The zero-order valence-electron chi connectivity index (χ0n) is 19.0. The first-order chi connectivity index (χ1) is 16.8. The summed E-state index contributed by atoms with van der Waals surface area (Å²) in [6.07, 6.45) is 0. The van der Waals surface area contributed by atoms with Crippen molar-refractivity contribution >= 4 is 54.3 Å². The van der Waals surface area contributed by atoms with Crippen LogP contribution < -0.4 is 10.5 Å². The van der Waals surface area contributed by atoms with Crippen molar-refractivity contribution in [3.63, 3.8) is 0 Å². The fourth-order valence-electron chi connectivity index (χ4n) is 3.79. The quantitative estimate of drug-likeness (QED) is 0.193. The summed E-state index contributed by atoms with van der Waals surface area (Å²) in [5.41, 5.74) is 1.31. The van der Waals surface area contributed by atoms with Gasteiger partial charge in [0.15, 0.2) is 0 Å². The zero-order valence-corrected chi connectivity index (χ0v) is 23.2. The Hall–Kier alpha value is -2.38. The number of hydrogen-bond donors (Lipinski definition) is 0. The van der Waals surface area contributed by atoms with Crippen molar-refractivity contribution in [3.05, 3.63) is 139 Å². The van der Waals surface area contributed by atoms with Crippen LogP contribution in [-0.4, -0.2) is 20.2 Å². The van der Waals surface area contributed by atoms with Crippen LogP contribution >= 0.6 is 23.5 Å². The summed E-state index contributed by atoms with van der Waals surface area (Å²) in [4.78, 5) is 5.31. The van der Waals surface area contributed by atoms with Gasteiger partial charge in [-0.25, -0.2) is 0 Å². The van der Waals surface area contributed by atoms with E-state index in [2.05, 4.69) is 140 Å². The van der Waals surface area contributed by atoms with Gasteiger partial charge in [-0.1, -0.05) is 0 Å². The second-order valence-electron chi connectivity index (χ2n) is 7.94. The average Bonchev–Trinajstić information content (AvgIpc) is 2.88. The van der Waals surface area contributed by atoms with Gasteiger partial charge in [0, 0.05) is 0 Å². The number of hydrogen-bond acceptors (Lipinski definition) is 2. The summed E-state index contributed by atoms with van der Waals surface area (Å²) in [7, 11) is 0. The molecule has 0 aliphatic carbocycles. The summed E-state index contributed by atoms with van der Waals surface area (Å²) in [6.45, 7) is 2.17. The Kier molecular flexibility index (Phi) is 7.81. The van der Waals surface area contributed by atoms with Crippen LogP contribution in [0.3, 0.4) is 0 Å². The van der Waals surface area contributed by atoms with Gasteiger partial charge in [0.1, 0.15) is 0 Å². The normalized spacial score (nSPS) is 11.0. The molecule has 0 aliphatic heterocycles. The molecule has 0 aliphatic rings. The Bertz CT molecular complexity index is 1260. The second-order valence-corrected chi connectivity index (χ2v) is 16.3. The van der Waals surface area contributed by atoms with Gasteiger partial charge in [-0.15, -0.1) is 0 Å². The van der Waals surface area contributed by atoms with Crippen molar-refractivity contribution in [2.45, 2.75) is 26.5 Å². The van der Waals surface area contributed by atoms with E-state index in [1.165, 1.54) is 35.7 Å². The van der Waals surface area contributed by atoms with Crippen LogP contribution in [-0.2, 0) is 0 Å². The minimum atomic E-state index is -2.33. The standard InChI is InChI=1S/2C12H9S.C7H7.Sb/c2*1-3-7-11(8-4-1)13-12-9-5-2-6-10-12;1-7-5-3-2-4-6-7;/h2*1-9H;3-6H,1H3;. The summed E-state index contributed by atoms with van der Waals surface area (Å²) in [6, 6.07) is 48.8. The van der Waals surface area contributed by atoms with Crippen molar-refractivity contribution in [2.24, 2.45) is 0 Å². The fourth-order valence-corrected chi connectivity index (χ4v) is 14.2. The summed E-state index contributed by atoms with van der Waals surface area (Å²) in [5, 5.41) is 0. The average molecular weight is 583 g/mol. The van der Waals surface area contributed by atoms with Gasteiger partial charge in [0.25, 0.3) is 0 Å². The molecule has 34 heavy (non-hydrogen) atoms. The SMILES string of the molecule is Cc1cc[c]([Sb]([c]2ccccc2Sc2ccccc2)[c]2ccccc2Sc2ccccc2)cc1. The Morgan fingerprint density at radius 3 is 1.32 bits per heavy atom. The van der Waals surface area contributed by atoms with E-state index in [1.807, 2.05) is 23.5 Å². The van der Waals surface area contributed by atoms with Crippen LogP contribution in [0.15, 0.2) is 153 Å². The molecule has 0 spiro atoms. The summed E-state index contributed by atoms with van der Waals surface area (Å²) in [5.74, 6) is 0. The van der Waals surface area contributed by atoms with Gasteiger partial charge in [-0.3, -0.25) is 0 Å². The molecule has 166 valence electrons. The van der Waals surface area contributed by atoms with Gasteiger partial charge in [-0.05, 0) is 0 Å². The molecule has 0 bridgehead atoms.